The number of furan rings is 1. The minimum absolute atomic E-state index is 0.00381. The molecule has 2 heterocycles. The Morgan fingerprint density at radius 2 is 1.96 bits per heavy atom. The van der Waals surface area contributed by atoms with Crippen molar-refractivity contribution in [3.05, 3.63) is 48.4 Å². The highest BCUT2D eigenvalue weighted by Gasteiger charge is 2.25. The monoisotopic (exact) mass is 371 g/mol. The molecular weight excluding hydrogens is 342 g/mol. The lowest BCUT2D eigenvalue weighted by Gasteiger charge is -2.27. The first-order chi connectivity index (χ1) is 13.2. The topological polar surface area (TPSA) is 66.7 Å². The minimum Gasteiger partial charge on any atom is -0.497 e. The molecule has 2 atom stereocenters. The number of methoxy groups -OCH3 is 1. The fraction of sp³-hybridized carbons (Fsp3) is 0.476. The summed E-state index contributed by atoms with van der Waals surface area (Å²) in [6.45, 7) is 5.00. The van der Waals surface area contributed by atoms with Crippen molar-refractivity contribution in [3.8, 4) is 5.75 Å². The van der Waals surface area contributed by atoms with Crippen molar-refractivity contribution >= 4 is 11.6 Å². The van der Waals surface area contributed by atoms with E-state index in [4.69, 9.17) is 9.15 Å². The maximum Gasteiger partial charge on any atom is 0.225 e. The Morgan fingerprint density at radius 1 is 1.22 bits per heavy atom. The average Bonchev–Trinajstić information content (AvgIpc) is 3.37. The van der Waals surface area contributed by atoms with Crippen LogP contribution >= 0.6 is 0 Å². The molecular formula is C21H29N3O3. The van der Waals surface area contributed by atoms with Gasteiger partial charge in [0.1, 0.15) is 11.5 Å². The van der Waals surface area contributed by atoms with Gasteiger partial charge in [-0.3, -0.25) is 9.69 Å². The number of carbonyl (C=O) groups is 1. The minimum atomic E-state index is -0.00381. The van der Waals surface area contributed by atoms with Gasteiger partial charge in [-0.1, -0.05) is 0 Å². The summed E-state index contributed by atoms with van der Waals surface area (Å²) < 4.78 is 10.8. The van der Waals surface area contributed by atoms with Gasteiger partial charge in [0.25, 0.3) is 0 Å². The van der Waals surface area contributed by atoms with Gasteiger partial charge in [0.15, 0.2) is 0 Å². The zero-order valence-corrected chi connectivity index (χ0v) is 16.1. The van der Waals surface area contributed by atoms with Gasteiger partial charge in [0, 0.05) is 24.7 Å². The van der Waals surface area contributed by atoms with Crippen LogP contribution in [0.3, 0.4) is 0 Å². The third-order valence-electron chi connectivity index (χ3n) is 4.98. The van der Waals surface area contributed by atoms with Crippen LogP contribution in [0.2, 0.25) is 0 Å². The van der Waals surface area contributed by atoms with E-state index in [1.807, 2.05) is 43.3 Å². The number of rotatable bonds is 9. The molecule has 27 heavy (non-hydrogen) atoms. The number of hydrogen-bond acceptors (Lipinski definition) is 5. The van der Waals surface area contributed by atoms with Crippen molar-refractivity contribution in [3.63, 3.8) is 0 Å². The molecule has 1 aromatic carbocycles. The fourth-order valence-electron chi connectivity index (χ4n) is 3.49. The molecule has 1 aliphatic heterocycles. The SMILES string of the molecule is COc1ccc(NC(=O)C[C@@H](C)NC[C@@H](c2ccco2)N2CCCC2)cc1. The van der Waals surface area contributed by atoms with Crippen LogP contribution < -0.4 is 15.4 Å². The fourth-order valence-corrected chi connectivity index (χ4v) is 3.49. The van der Waals surface area contributed by atoms with Crippen molar-refractivity contribution in [1.82, 2.24) is 10.2 Å². The van der Waals surface area contributed by atoms with Gasteiger partial charge in [-0.25, -0.2) is 0 Å². The van der Waals surface area contributed by atoms with Crippen LogP contribution in [-0.2, 0) is 4.79 Å². The maximum absolute atomic E-state index is 12.3. The molecule has 0 saturated carbocycles. The van der Waals surface area contributed by atoms with E-state index in [0.29, 0.717) is 6.42 Å². The second kappa shape index (κ2) is 9.58. The van der Waals surface area contributed by atoms with Crippen LogP contribution in [-0.4, -0.2) is 43.6 Å². The number of ether oxygens (including phenoxy) is 1. The van der Waals surface area contributed by atoms with Gasteiger partial charge < -0.3 is 19.8 Å². The maximum atomic E-state index is 12.3. The predicted molar refractivity (Wildman–Crippen MR) is 106 cm³/mol. The van der Waals surface area contributed by atoms with Gasteiger partial charge >= 0.3 is 0 Å². The summed E-state index contributed by atoms with van der Waals surface area (Å²) in [6, 6.07) is 11.6. The largest absolute Gasteiger partial charge is 0.497 e. The third kappa shape index (κ3) is 5.58. The molecule has 0 bridgehead atoms. The quantitative estimate of drug-likeness (QED) is 0.707. The lowest BCUT2D eigenvalue weighted by Crippen LogP contribution is -2.39. The second-order valence-electron chi connectivity index (χ2n) is 7.06. The number of benzene rings is 1. The van der Waals surface area contributed by atoms with Gasteiger partial charge in [0.05, 0.1) is 19.4 Å². The van der Waals surface area contributed by atoms with Crippen molar-refractivity contribution in [2.24, 2.45) is 0 Å². The normalized spacial score (nSPS) is 16.8. The molecule has 1 amide bonds. The van der Waals surface area contributed by atoms with E-state index in [1.54, 1.807) is 13.4 Å². The molecule has 0 radical (unpaired) electrons. The molecule has 1 aliphatic rings. The van der Waals surface area contributed by atoms with Crippen molar-refractivity contribution < 1.29 is 13.9 Å². The second-order valence-corrected chi connectivity index (χ2v) is 7.06. The molecule has 3 rings (SSSR count). The Morgan fingerprint density at radius 3 is 2.59 bits per heavy atom. The summed E-state index contributed by atoms with van der Waals surface area (Å²) in [5, 5.41) is 6.43. The molecule has 6 nitrogen and oxygen atoms in total. The predicted octanol–water partition coefficient (Wildman–Crippen LogP) is 3.43. The smallest absolute Gasteiger partial charge is 0.225 e. The van der Waals surface area contributed by atoms with Gasteiger partial charge in [-0.15, -0.1) is 0 Å². The molecule has 1 fully saturated rings. The highest BCUT2D eigenvalue weighted by atomic mass is 16.5. The Hall–Kier alpha value is -2.31. The number of nitrogens with one attached hydrogen (secondary N) is 2. The van der Waals surface area contributed by atoms with Crippen LogP contribution in [0, 0.1) is 0 Å². The third-order valence-corrected chi connectivity index (χ3v) is 4.98. The summed E-state index contributed by atoms with van der Waals surface area (Å²) in [5.74, 6) is 1.75. The first-order valence-corrected chi connectivity index (χ1v) is 9.60. The van der Waals surface area contributed by atoms with Crippen LogP contribution in [0.25, 0.3) is 0 Å². The molecule has 6 heteroatoms. The van der Waals surface area contributed by atoms with Crippen LogP contribution in [0.15, 0.2) is 47.1 Å². The number of anilines is 1. The lowest BCUT2D eigenvalue weighted by molar-refractivity contribution is -0.116. The summed E-state index contributed by atoms with van der Waals surface area (Å²) in [5.41, 5.74) is 0.776. The lowest BCUT2D eigenvalue weighted by atomic mass is 10.1. The van der Waals surface area contributed by atoms with Gasteiger partial charge in [-0.2, -0.15) is 0 Å². The Bertz CT molecular complexity index is 694. The van der Waals surface area contributed by atoms with Crippen molar-refractivity contribution in [2.75, 3.05) is 32.1 Å². The Labute approximate surface area is 160 Å². The van der Waals surface area contributed by atoms with E-state index in [0.717, 1.165) is 36.8 Å². The van der Waals surface area contributed by atoms with Crippen LogP contribution in [0.5, 0.6) is 5.75 Å². The first-order valence-electron chi connectivity index (χ1n) is 9.60. The van der Waals surface area contributed by atoms with Gasteiger partial charge in [-0.05, 0) is 69.3 Å². The van der Waals surface area contributed by atoms with E-state index in [1.165, 1.54) is 12.8 Å². The zero-order chi connectivity index (χ0) is 19.1. The number of nitrogens with zero attached hydrogens (tertiary/aromatic N) is 1. The summed E-state index contributed by atoms with van der Waals surface area (Å²) in [4.78, 5) is 14.7. The molecule has 146 valence electrons. The van der Waals surface area contributed by atoms with E-state index in [9.17, 15) is 4.79 Å². The average molecular weight is 371 g/mol. The number of likely N-dealkylation sites (tertiary alicyclic amines) is 1. The standard InChI is InChI=1S/C21H29N3O3/c1-16(14-21(25)23-17-7-9-18(26-2)10-8-17)22-15-19(20-6-5-13-27-20)24-11-3-4-12-24/h5-10,13,16,19,22H,3-4,11-12,14-15H2,1-2H3,(H,23,25)/t16-,19+/m1/s1. The molecule has 0 aliphatic carbocycles. The van der Waals surface area contributed by atoms with Crippen molar-refractivity contribution in [2.45, 2.75) is 38.3 Å². The van der Waals surface area contributed by atoms with E-state index < -0.39 is 0 Å². The molecule has 2 aromatic rings. The summed E-state index contributed by atoms with van der Waals surface area (Å²) in [7, 11) is 1.62. The number of amides is 1. The molecule has 1 aromatic heterocycles. The van der Waals surface area contributed by atoms with Crippen LogP contribution in [0.1, 0.15) is 38.0 Å². The molecule has 0 spiro atoms. The first kappa shape index (κ1) is 19.5. The van der Waals surface area contributed by atoms with Crippen LogP contribution in [0.4, 0.5) is 5.69 Å². The molecule has 2 N–H and O–H groups in total. The summed E-state index contributed by atoms with van der Waals surface area (Å²) in [6.07, 6.45) is 4.61. The van der Waals surface area contributed by atoms with E-state index in [2.05, 4.69) is 15.5 Å². The zero-order valence-electron chi connectivity index (χ0n) is 16.1. The van der Waals surface area contributed by atoms with Gasteiger partial charge in [0.2, 0.25) is 5.91 Å². The van der Waals surface area contributed by atoms with E-state index in [-0.39, 0.29) is 18.0 Å². The highest BCUT2D eigenvalue weighted by Crippen LogP contribution is 2.25. The van der Waals surface area contributed by atoms with E-state index >= 15 is 0 Å². The Kier molecular flexibility index (Phi) is 6.90. The molecule has 0 unspecified atom stereocenters. The highest BCUT2D eigenvalue weighted by molar-refractivity contribution is 5.91. The Balaban J connectivity index is 1.48. The summed E-state index contributed by atoms with van der Waals surface area (Å²) >= 11 is 0. The number of carbonyl (C=O) groups excluding carboxylic acids is 1. The number of hydrogen-bond donors (Lipinski definition) is 2. The molecule has 1 saturated heterocycles. The van der Waals surface area contributed by atoms with Crippen molar-refractivity contribution in [1.29, 1.82) is 0 Å².